The van der Waals surface area contributed by atoms with Gasteiger partial charge >= 0.3 is 0 Å². The van der Waals surface area contributed by atoms with Crippen LogP contribution in [0.15, 0.2) is 85.2 Å². The Morgan fingerprint density at radius 1 is 0.757 bits per heavy atom. The van der Waals surface area contributed by atoms with E-state index in [9.17, 15) is 9.59 Å². The maximum atomic E-state index is 13.5. The molecule has 182 valence electrons. The van der Waals surface area contributed by atoms with Crippen LogP contribution in [0.2, 0.25) is 0 Å². The first-order chi connectivity index (χ1) is 18.2. The van der Waals surface area contributed by atoms with E-state index < -0.39 is 0 Å². The van der Waals surface area contributed by atoms with Gasteiger partial charge < -0.3 is 4.57 Å². The third-order valence-electron chi connectivity index (χ3n) is 8.03. The Labute approximate surface area is 215 Å². The van der Waals surface area contributed by atoms with E-state index in [1.807, 2.05) is 67.0 Å². The molecule has 4 aromatic carbocycles. The first-order valence-electron chi connectivity index (χ1n) is 13.1. The fourth-order valence-corrected chi connectivity index (χ4v) is 6.15. The number of imidazole rings is 1. The van der Waals surface area contributed by atoms with Gasteiger partial charge in [-0.1, -0.05) is 73.9 Å². The molecular formula is C32H27N3O2. The highest BCUT2D eigenvalue weighted by Crippen LogP contribution is 2.38. The van der Waals surface area contributed by atoms with Crippen molar-refractivity contribution in [2.45, 2.75) is 44.7 Å². The highest BCUT2D eigenvalue weighted by atomic mass is 16.2. The molecule has 37 heavy (non-hydrogen) atoms. The number of aromatic nitrogens is 2. The minimum absolute atomic E-state index is 0.241. The predicted octanol–water partition coefficient (Wildman–Crippen LogP) is 7.16. The highest BCUT2D eigenvalue weighted by molar-refractivity contribution is 6.27. The summed E-state index contributed by atoms with van der Waals surface area (Å²) in [5, 5.41) is 1.68. The number of carbonyl (C=O) groups excluding carboxylic acids is 2. The Morgan fingerprint density at radius 3 is 2.32 bits per heavy atom. The Hall–Kier alpha value is -4.25. The molecule has 0 bridgehead atoms. The summed E-state index contributed by atoms with van der Waals surface area (Å²) in [6, 6.07) is 26.2. The molecule has 5 nitrogen and oxygen atoms in total. The molecule has 0 atom stereocenters. The van der Waals surface area contributed by atoms with Crippen molar-refractivity contribution in [3.8, 4) is 11.1 Å². The lowest BCUT2D eigenvalue weighted by Crippen LogP contribution is -2.39. The summed E-state index contributed by atoms with van der Waals surface area (Å²) in [7, 11) is 0. The second kappa shape index (κ2) is 8.70. The third kappa shape index (κ3) is 3.57. The van der Waals surface area contributed by atoms with Crippen molar-refractivity contribution >= 4 is 33.6 Å². The quantitative estimate of drug-likeness (QED) is 0.254. The molecule has 1 aliphatic heterocycles. The van der Waals surface area contributed by atoms with Gasteiger partial charge in [-0.05, 0) is 59.2 Å². The van der Waals surface area contributed by atoms with Crippen LogP contribution in [0.4, 0.5) is 0 Å². The van der Waals surface area contributed by atoms with Crippen molar-refractivity contribution in [1.82, 2.24) is 14.5 Å². The number of carbonyl (C=O) groups is 2. The summed E-state index contributed by atoms with van der Waals surface area (Å²) in [5.41, 5.74) is 6.33. The minimum atomic E-state index is -0.241. The fraction of sp³-hybridized carbons (Fsp3) is 0.219. The zero-order valence-electron chi connectivity index (χ0n) is 20.6. The summed E-state index contributed by atoms with van der Waals surface area (Å²) >= 11 is 0. The van der Waals surface area contributed by atoms with Gasteiger partial charge in [0.2, 0.25) is 0 Å². The number of imide groups is 1. The van der Waals surface area contributed by atoms with Crippen molar-refractivity contribution < 1.29 is 9.59 Å². The van der Waals surface area contributed by atoms with Crippen molar-refractivity contribution in [1.29, 1.82) is 0 Å². The van der Waals surface area contributed by atoms with Crippen molar-refractivity contribution in [2.24, 2.45) is 0 Å². The molecule has 2 heterocycles. The Balaban J connectivity index is 1.33. The first kappa shape index (κ1) is 22.0. The molecule has 1 saturated carbocycles. The molecule has 5 aromatic rings. The molecule has 0 saturated heterocycles. The molecule has 5 heteroatoms. The third-order valence-corrected chi connectivity index (χ3v) is 8.03. The van der Waals surface area contributed by atoms with Crippen LogP contribution in [-0.4, -0.2) is 26.3 Å². The van der Waals surface area contributed by atoms with Crippen molar-refractivity contribution in [3.63, 3.8) is 0 Å². The van der Waals surface area contributed by atoms with Gasteiger partial charge in [0.05, 0.1) is 23.9 Å². The van der Waals surface area contributed by atoms with Gasteiger partial charge in [-0.15, -0.1) is 0 Å². The van der Waals surface area contributed by atoms with Gasteiger partial charge in [-0.2, -0.15) is 0 Å². The van der Waals surface area contributed by atoms with E-state index in [4.69, 9.17) is 0 Å². The summed E-state index contributed by atoms with van der Waals surface area (Å²) in [6.45, 7) is 0.262. The molecule has 1 aromatic heterocycles. The molecule has 7 rings (SSSR count). The fourth-order valence-electron chi connectivity index (χ4n) is 6.15. The molecule has 0 N–H and O–H groups in total. The molecule has 2 amide bonds. The van der Waals surface area contributed by atoms with Crippen LogP contribution in [0.3, 0.4) is 0 Å². The lowest BCUT2D eigenvalue weighted by molar-refractivity contribution is 0.0598. The molecule has 0 radical (unpaired) electrons. The maximum Gasteiger partial charge on any atom is 0.261 e. The highest BCUT2D eigenvalue weighted by Gasteiger charge is 2.33. The average molecular weight is 486 g/mol. The van der Waals surface area contributed by atoms with Gasteiger partial charge in [0.25, 0.3) is 11.8 Å². The van der Waals surface area contributed by atoms with Crippen LogP contribution in [0.25, 0.3) is 32.9 Å². The molecule has 0 unspecified atom stereocenters. The summed E-state index contributed by atoms with van der Waals surface area (Å²) in [6.07, 6.45) is 8.22. The molecule has 1 fully saturated rings. The average Bonchev–Trinajstić information content (AvgIpc) is 3.38. The number of hydrogen-bond acceptors (Lipinski definition) is 3. The second-order valence-corrected chi connectivity index (χ2v) is 10.2. The normalized spacial score (nSPS) is 16.2. The van der Waals surface area contributed by atoms with Crippen LogP contribution in [0.1, 0.15) is 64.4 Å². The van der Waals surface area contributed by atoms with Crippen LogP contribution < -0.4 is 0 Å². The minimum Gasteiger partial charge on any atom is -0.327 e. The molecule has 2 aliphatic rings. The van der Waals surface area contributed by atoms with Crippen molar-refractivity contribution in [2.75, 3.05) is 0 Å². The Bertz CT molecular complexity index is 1660. The SMILES string of the molecule is O=C1c2cccc3c(-c4ccc5ncn(C6CCCCC6)c5c4)ccc(c23)C(=O)N1Cc1ccccc1. The summed E-state index contributed by atoms with van der Waals surface area (Å²) in [5.74, 6) is -0.482. The number of amides is 2. The first-order valence-corrected chi connectivity index (χ1v) is 13.1. The van der Waals surface area contributed by atoms with Crippen LogP contribution in [0.5, 0.6) is 0 Å². The van der Waals surface area contributed by atoms with E-state index in [-0.39, 0.29) is 18.4 Å². The summed E-state index contributed by atoms with van der Waals surface area (Å²) in [4.78, 5) is 33.1. The standard InChI is InChI=1S/C32H27N3O2/c36-31-26-13-7-12-25-24(15-16-27(30(25)26)32(37)34(31)19-21-8-3-1-4-9-21)22-14-17-28-29(18-22)35(20-33-28)23-10-5-2-6-11-23/h1,3-4,7-9,12-18,20,23H,2,5-6,10-11,19H2. The predicted molar refractivity (Wildman–Crippen MR) is 145 cm³/mol. The van der Waals surface area contributed by atoms with Crippen LogP contribution in [-0.2, 0) is 6.54 Å². The maximum absolute atomic E-state index is 13.5. The Kier molecular flexibility index (Phi) is 5.17. The monoisotopic (exact) mass is 485 g/mol. The van der Waals surface area contributed by atoms with Gasteiger partial charge in [0.1, 0.15) is 0 Å². The second-order valence-electron chi connectivity index (χ2n) is 10.2. The van der Waals surface area contributed by atoms with E-state index >= 15 is 0 Å². The van der Waals surface area contributed by atoms with Crippen LogP contribution >= 0.6 is 0 Å². The van der Waals surface area contributed by atoms with E-state index in [0.717, 1.165) is 38.5 Å². The van der Waals surface area contributed by atoms with Gasteiger partial charge in [-0.25, -0.2) is 4.98 Å². The van der Waals surface area contributed by atoms with E-state index in [0.29, 0.717) is 17.2 Å². The topological polar surface area (TPSA) is 55.2 Å². The van der Waals surface area contributed by atoms with Crippen molar-refractivity contribution in [3.05, 3.63) is 102 Å². The zero-order valence-corrected chi connectivity index (χ0v) is 20.6. The molecule has 1 aliphatic carbocycles. The van der Waals surface area contributed by atoms with Gasteiger partial charge in [0.15, 0.2) is 0 Å². The number of benzene rings is 4. The lowest BCUT2D eigenvalue weighted by atomic mass is 9.89. The number of rotatable bonds is 4. The summed E-state index contributed by atoms with van der Waals surface area (Å²) < 4.78 is 2.34. The lowest BCUT2D eigenvalue weighted by Gasteiger charge is -2.28. The van der Waals surface area contributed by atoms with Gasteiger partial charge in [0, 0.05) is 22.6 Å². The number of hydrogen-bond donors (Lipinski definition) is 0. The van der Waals surface area contributed by atoms with E-state index in [1.54, 1.807) is 0 Å². The smallest absolute Gasteiger partial charge is 0.261 e. The van der Waals surface area contributed by atoms with E-state index in [2.05, 4.69) is 27.8 Å². The number of nitrogens with zero attached hydrogens (tertiary/aromatic N) is 3. The van der Waals surface area contributed by atoms with E-state index in [1.165, 1.54) is 37.0 Å². The number of fused-ring (bicyclic) bond motifs is 1. The van der Waals surface area contributed by atoms with Crippen LogP contribution in [0, 0.1) is 0 Å². The molecular weight excluding hydrogens is 458 g/mol. The molecule has 0 spiro atoms. The largest absolute Gasteiger partial charge is 0.327 e. The zero-order chi connectivity index (χ0) is 24.9. The Morgan fingerprint density at radius 2 is 1.51 bits per heavy atom. The van der Waals surface area contributed by atoms with Gasteiger partial charge in [-0.3, -0.25) is 14.5 Å².